The first-order valence-corrected chi connectivity index (χ1v) is 7.35. The number of carbonyl (C=O) groups excluding carboxylic acids is 1. The molecule has 0 aliphatic heterocycles. The molecular weight excluding hydrogens is 292 g/mol. The summed E-state index contributed by atoms with van der Waals surface area (Å²) in [5, 5.41) is 12.0. The summed E-state index contributed by atoms with van der Waals surface area (Å²) in [6, 6.07) is 3.95. The summed E-state index contributed by atoms with van der Waals surface area (Å²) >= 11 is 6.00. The lowest BCUT2D eigenvalue weighted by Crippen LogP contribution is -2.37. The number of hydrogen-bond donors (Lipinski definition) is 2. The normalized spacial score (nSPS) is 11.8. The molecule has 0 saturated carbocycles. The van der Waals surface area contributed by atoms with Crippen molar-refractivity contribution in [2.45, 2.75) is 27.2 Å². The Morgan fingerprint density at radius 3 is 2.57 bits per heavy atom. The molecule has 2 N–H and O–H groups in total. The first-order valence-electron chi connectivity index (χ1n) is 6.97. The van der Waals surface area contributed by atoms with Crippen molar-refractivity contribution in [3.63, 3.8) is 0 Å². The fourth-order valence-electron chi connectivity index (χ4n) is 1.81. The van der Waals surface area contributed by atoms with E-state index in [0.717, 1.165) is 6.42 Å². The van der Waals surface area contributed by atoms with Crippen LogP contribution in [-0.4, -0.2) is 35.1 Å². The molecule has 0 aliphatic carbocycles. The molecule has 1 aromatic rings. The predicted molar refractivity (Wildman–Crippen MR) is 84.1 cm³/mol. The number of carboxylic acid groups (broad SMARTS) is 1. The standard InChI is InChI=1S/C15H21ClN2O3/c1-4-10(3)9-18(5-2)15(21)17-13-8-11(14(19)20)6-7-12(13)16/h6-8,10H,4-5,9H2,1-3H3,(H,17,21)(H,19,20). The zero-order valence-corrected chi connectivity index (χ0v) is 13.3. The number of halogens is 1. The Bertz CT molecular complexity index is 520. The summed E-state index contributed by atoms with van der Waals surface area (Å²) in [7, 11) is 0. The lowest BCUT2D eigenvalue weighted by molar-refractivity contribution is 0.0697. The number of aromatic carboxylic acids is 1. The Morgan fingerprint density at radius 2 is 2.05 bits per heavy atom. The number of carbonyl (C=O) groups is 2. The molecule has 6 heteroatoms. The quantitative estimate of drug-likeness (QED) is 0.836. The third-order valence-electron chi connectivity index (χ3n) is 3.35. The average Bonchev–Trinajstić information content (AvgIpc) is 2.46. The van der Waals surface area contributed by atoms with Gasteiger partial charge < -0.3 is 15.3 Å². The van der Waals surface area contributed by atoms with Crippen LogP contribution in [0.25, 0.3) is 0 Å². The highest BCUT2D eigenvalue weighted by Gasteiger charge is 2.16. The van der Waals surface area contributed by atoms with Crippen LogP contribution in [0.2, 0.25) is 5.02 Å². The van der Waals surface area contributed by atoms with Gasteiger partial charge in [0, 0.05) is 13.1 Å². The third-order valence-corrected chi connectivity index (χ3v) is 3.68. The summed E-state index contributed by atoms with van der Waals surface area (Å²) in [4.78, 5) is 24.9. The number of nitrogens with one attached hydrogen (secondary N) is 1. The van der Waals surface area contributed by atoms with Gasteiger partial charge in [-0.15, -0.1) is 0 Å². The van der Waals surface area contributed by atoms with Gasteiger partial charge >= 0.3 is 12.0 Å². The Hall–Kier alpha value is -1.75. The van der Waals surface area contributed by atoms with E-state index in [-0.39, 0.29) is 11.6 Å². The smallest absolute Gasteiger partial charge is 0.335 e. The Labute approximate surface area is 129 Å². The summed E-state index contributed by atoms with van der Waals surface area (Å²) < 4.78 is 0. The van der Waals surface area contributed by atoms with E-state index in [4.69, 9.17) is 16.7 Å². The van der Waals surface area contributed by atoms with Crippen LogP contribution in [0.15, 0.2) is 18.2 Å². The van der Waals surface area contributed by atoms with E-state index in [1.807, 2.05) is 6.92 Å². The second kappa shape index (κ2) is 7.88. The van der Waals surface area contributed by atoms with Crippen molar-refractivity contribution in [1.29, 1.82) is 0 Å². The third kappa shape index (κ3) is 4.93. The fraction of sp³-hybridized carbons (Fsp3) is 0.467. The summed E-state index contributed by atoms with van der Waals surface area (Å²) in [6.07, 6.45) is 0.985. The SMILES string of the molecule is CCC(C)CN(CC)C(=O)Nc1cc(C(=O)O)ccc1Cl. The maximum atomic E-state index is 12.2. The minimum atomic E-state index is -1.06. The molecule has 0 aliphatic rings. The Balaban J connectivity index is 2.86. The zero-order chi connectivity index (χ0) is 16.0. The fourth-order valence-corrected chi connectivity index (χ4v) is 1.97. The van der Waals surface area contributed by atoms with Crippen LogP contribution in [0.3, 0.4) is 0 Å². The van der Waals surface area contributed by atoms with E-state index in [1.54, 1.807) is 4.90 Å². The molecule has 0 bridgehead atoms. The maximum Gasteiger partial charge on any atom is 0.335 e. The van der Waals surface area contributed by atoms with E-state index in [1.165, 1.54) is 18.2 Å². The molecule has 21 heavy (non-hydrogen) atoms. The molecule has 1 rings (SSSR count). The number of carboxylic acids is 1. The van der Waals surface area contributed by atoms with Crippen molar-refractivity contribution < 1.29 is 14.7 Å². The number of nitrogens with zero attached hydrogens (tertiary/aromatic N) is 1. The number of rotatable bonds is 6. The highest BCUT2D eigenvalue weighted by atomic mass is 35.5. The average molecular weight is 313 g/mol. The van der Waals surface area contributed by atoms with Gasteiger partial charge in [0.2, 0.25) is 0 Å². The lowest BCUT2D eigenvalue weighted by Gasteiger charge is -2.24. The van der Waals surface area contributed by atoms with Gasteiger partial charge in [0.05, 0.1) is 16.3 Å². The molecule has 0 aromatic heterocycles. The van der Waals surface area contributed by atoms with Gasteiger partial charge in [0.25, 0.3) is 0 Å². The van der Waals surface area contributed by atoms with Gasteiger partial charge in [0.15, 0.2) is 0 Å². The number of amides is 2. The number of benzene rings is 1. The number of anilines is 1. The monoisotopic (exact) mass is 312 g/mol. The van der Waals surface area contributed by atoms with Crippen LogP contribution >= 0.6 is 11.6 Å². The highest BCUT2D eigenvalue weighted by Crippen LogP contribution is 2.23. The molecule has 2 amide bonds. The van der Waals surface area contributed by atoms with Gasteiger partial charge in [-0.05, 0) is 31.0 Å². The van der Waals surface area contributed by atoms with Gasteiger partial charge in [-0.25, -0.2) is 9.59 Å². The van der Waals surface area contributed by atoms with Gasteiger partial charge in [-0.2, -0.15) is 0 Å². The van der Waals surface area contributed by atoms with Crippen molar-refractivity contribution in [2.75, 3.05) is 18.4 Å². The van der Waals surface area contributed by atoms with Crippen molar-refractivity contribution in [1.82, 2.24) is 4.90 Å². The van der Waals surface area contributed by atoms with Crippen LogP contribution in [0.1, 0.15) is 37.6 Å². The van der Waals surface area contributed by atoms with Crippen LogP contribution in [0.5, 0.6) is 0 Å². The largest absolute Gasteiger partial charge is 0.478 e. The van der Waals surface area contributed by atoms with Gasteiger partial charge in [-0.3, -0.25) is 0 Å². The van der Waals surface area contributed by atoms with Crippen molar-refractivity contribution in [2.24, 2.45) is 5.92 Å². The lowest BCUT2D eigenvalue weighted by atomic mass is 10.1. The Morgan fingerprint density at radius 1 is 1.38 bits per heavy atom. The second-order valence-corrected chi connectivity index (χ2v) is 5.39. The number of hydrogen-bond acceptors (Lipinski definition) is 2. The number of urea groups is 1. The van der Waals surface area contributed by atoms with E-state index >= 15 is 0 Å². The summed E-state index contributed by atoms with van der Waals surface area (Å²) in [6.45, 7) is 7.27. The first kappa shape index (κ1) is 17.3. The molecule has 1 aromatic carbocycles. The molecule has 0 radical (unpaired) electrons. The van der Waals surface area contributed by atoms with Gasteiger partial charge in [-0.1, -0.05) is 31.9 Å². The molecule has 0 heterocycles. The molecule has 0 spiro atoms. The van der Waals surface area contributed by atoms with Crippen LogP contribution in [0, 0.1) is 5.92 Å². The van der Waals surface area contributed by atoms with Crippen LogP contribution in [0.4, 0.5) is 10.5 Å². The summed E-state index contributed by atoms with van der Waals surface area (Å²) in [5.41, 5.74) is 0.392. The molecule has 1 atom stereocenters. The van der Waals surface area contributed by atoms with Gasteiger partial charge in [0.1, 0.15) is 0 Å². The predicted octanol–water partition coefficient (Wildman–Crippen LogP) is 3.94. The van der Waals surface area contributed by atoms with Crippen molar-refractivity contribution in [3.8, 4) is 0 Å². The van der Waals surface area contributed by atoms with Crippen LogP contribution < -0.4 is 5.32 Å². The molecule has 0 fully saturated rings. The topological polar surface area (TPSA) is 69.6 Å². The van der Waals surface area contributed by atoms with Crippen LogP contribution in [-0.2, 0) is 0 Å². The molecule has 5 nitrogen and oxygen atoms in total. The zero-order valence-electron chi connectivity index (χ0n) is 12.5. The molecule has 0 saturated heterocycles. The van der Waals surface area contributed by atoms with E-state index in [2.05, 4.69) is 19.2 Å². The van der Waals surface area contributed by atoms with E-state index in [0.29, 0.717) is 29.7 Å². The Kier molecular flexibility index (Phi) is 6.49. The highest BCUT2D eigenvalue weighted by molar-refractivity contribution is 6.33. The van der Waals surface area contributed by atoms with Crippen molar-refractivity contribution in [3.05, 3.63) is 28.8 Å². The van der Waals surface area contributed by atoms with Crippen molar-refractivity contribution >= 4 is 29.3 Å². The first-order chi connectivity index (χ1) is 9.88. The van der Waals surface area contributed by atoms with E-state index in [9.17, 15) is 9.59 Å². The minimum Gasteiger partial charge on any atom is -0.478 e. The second-order valence-electron chi connectivity index (χ2n) is 4.98. The summed E-state index contributed by atoms with van der Waals surface area (Å²) in [5.74, 6) is -0.661. The minimum absolute atomic E-state index is 0.0830. The van der Waals surface area contributed by atoms with E-state index < -0.39 is 5.97 Å². The maximum absolute atomic E-state index is 12.2. The molecule has 1 unspecified atom stereocenters. The molecular formula is C15H21ClN2O3. The molecule has 116 valence electrons.